The van der Waals surface area contributed by atoms with E-state index in [4.69, 9.17) is 14.2 Å². The molecular weight excluding hydrogens is 695 g/mol. The minimum absolute atomic E-state index is 0.0252. The zero-order valence-corrected chi connectivity index (χ0v) is 39.0. The largest absolute Gasteiger partial charge is 0.466 e. The van der Waals surface area contributed by atoms with E-state index < -0.39 is 0 Å². The van der Waals surface area contributed by atoms with Gasteiger partial charge in [0.15, 0.2) is 0 Å². The summed E-state index contributed by atoms with van der Waals surface area (Å²) in [6.45, 7) is 16.6. The lowest BCUT2D eigenvalue weighted by Crippen LogP contribution is -2.28. The van der Waals surface area contributed by atoms with Gasteiger partial charge in [-0.3, -0.25) is 9.59 Å². The molecule has 56 heavy (non-hydrogen) atoms. The van der Waals surface area contributed by atoms with Crippen LogP contribution in [0.5, 0.6) is 0 Å². The summed E-state index contributed by atoms with van der Waals surface area (Å²) in [6, 6.07) is 0.575. The van der Waals surface area contributed by atoms with Gasteiger partial charge in [0, 0.05) is 32.0 Å². The third kappa shape index (κ3) is 37.2. The SMILES string of the molecule is CCCCCC(CCCCC)CC(=O)OCCCCCCCCC(CCCCCCCCOC(=O)CC(CCCCC)CCCCC)OCCCN(C)C(C)C. The summed E-state index contributed by atoms with van der Waals surface area (Å²) in [5.74, 6) is 1.06. The number of hydrogen-bond donors (Lipinski definition) is 0. The summed E-state index contributed by atoms with van der Waals surface area (Å²) in [5.41, 5.74) is 0. The number of carbonyl (C=O) groups is 2. The molecule has 6 heteroatoms. The third-order valence-corrected chi connectivity index (χ3v) is 12.0. The van der Waals surface area contributed by atoms with E-state index in [-0.39, 0.29) is 11.9 Å². The summed E-state index contributed by atoms with van der Waals surface area (Å²) in [4.78, 5) is 27.5. The van der Waals surface area contributed by atoms with Crippen molar-refractivity contribution in [1.82, 2.24) is 4.90 Å². The lowest BCUT2D eigenvalue weighted by Gasteiger charge is -2.22. The highest BCUT2D eigenvalue weighted by Gasteiger charge is 2.16. The van der Waals surface area contributed by atoms with Gasteiger partial charge in [-0.15, -0.1) is 0 Å². The zero-order chi connectivity index (χ0) is 41.3. The molecule has 0 aromatic rings. The minimum Gasteiger partial charge on any atom is -0.466 e. The molecule has 0 unspecified atom stereocenters. The van der Waals surface area contributed by atoms with Crippen molar-refractivity contribution in [2.45, 2.75) is 266 Å². The van der Waals surface area contributed by atoms with Gasteiger partial charge in [-0.25, -0.2) is 0 Å². The van der Waals surface area contributed by atoms with E-state index in [0.29, 0.717) is 50.0 Å². The summed E-state index contributed by atoms with van der Waals surface area (Å²) >= 11 is 0. The van der Waals surface area contributed by atoms with Crippen LogP contribution in [0, 0.1) is 11.8 Å². The van der Waals surface area contributed by atoms with Gasteiger partial charge in [-0.1, -0.05) is 169 Å². The van der Waals surface area contributed by atoms with Crippen LogP contribution < -0.4 is 0 Å². The van der Waals surface area contributed by atoms with Crippen molar-refractivity contribution >= 4 is 11.9 Å². The van der Waals surface area contributed by atoms with Crippen molar-refractivity contribution in [2.24, 2.45) is 11.8 Å². The Kier molecular flexibility index (Phi) is 41.1. The number of hydrogen-bond acceptors (Lipinski definition) is 6. The van der Waals surface area contributed by atoms with E-state index in [2.05, 4.69) is 53.5 Å². The van der Waals surface area contributed by atoms with Gasteiger partial charge in [0.2, 0.25) is 0 Å². The maximum absolute atomic E-state index is 12.5. The predicted octanol–water partition coefficient (Wildman–Crippen LogP) is 15.0. The predicted molar refractivity (Wildman–Crippen MR) is 241 cm³/mol. The Balaban J connectivity index is 4.28. The highest BCUT2D eigenvalue weighted by atomic mass is 16.5. The lowest BCUT2D eigenvalue weighted by molar-refractivity contribution is -0.146. The van der Waals surface area contributed by atoms with Crippen LogP contribution in [0.4, 0.5) is 0 Å². The fourth-order valence-corrected chi connectivity index (χ4v) is 7.89. The Morgan fingerprint density at radius 1 is 0.429 bits per heavy atom. The average molecular weight is 794 g/mol. The van der Waals surface area contributed by atoms with Crippen molar-refractivity contribution in [3.05, 3.63) is 0 Å². The quantitative estimate of drug-likeness (QED) is 0.0452. The monoisotopic (exact) mass is 794 g/mol. The number of rotatable bonds is 44. The number of nitrogens with zero attached hydrogens (tertiary/aromatic N) is 1. The van der Waals surface area contributed by atoms with Crippen LogP contribution in [-0.2, 0) is 23.8 Å². The smallest absolute Gasteiger partial charge is 0.306 e. The van der Waals surface area contributed by atoms with Gasteiger partial charge in [-0.2, -0.15) is 0 Å². The molecule has 0 spiro atoms. The van der Waals surface area contributed by atoms with Gasteiger partial charge in [-0.05, 0) is 90.5 Å². The molecule has 0 fully saturated rings. The van der Waals surface area contributed by atoms with E-state index in [9.17, 15) is 9.59 Å². The van der Waals surface area contributed by atoms with Gasteiger partial charge in [0.1, 0.15) is 0 Å². The standard InChI is InChI=1S/C50H99NO5/c1-8-12-24-33-46(34-25-13-9-2)43-49(52)55-40-30-22-18-16-20-28-37-48(54-42-32-39-51(7)45(5)6)38-29-21-17-19-23-31-41-56-50(53)44-47(35-26-14-10-3)36-27-15-11-4/h45-48H,8-44H2,1-7H3. The van der Waals surface area contributed by atoms with Gasteiger partial charge in [0.25, 0.3) is 0 Å². The number of esters is 2. The molecule has 0 bridgehead atoms. The molecule has 0 aliphatic heterocycles. The van der Waals surface area contributed by atoms with Crippen molar-refractivity contribution in [3.63, 3.8) is 0 Å². The molecule has 0 heterocycles. The van der Waals surface area contributed by atoms with Crippen molar-refractivity contribution in [2.75, 3.05) is 33.4 Å². The molecule has 0 N–H and O–H groups in total. The fourth-order valence-electron chi connectivity index (χ4n) is 7.89. The van der Waals surface area contributed by atoms with Crippen LogP contribution in [0.3, 0.4) is 0 Å². The second-order valence-corrected chi connectivity index (χ2v) is 17.8. The molecule has 6 nitrogen and oxygen atoms in total. The molecule has 0 rings (SSSR count). The van der Waals surface area contributed by atoms with Crippen molar-refractivity contribution in [3.8, 4) is 0 Å². The van der Waals surface area contributed by atoms with E-state index in [1.165, 1.54) is 167 Å². The molecule has 0 radical (unpaired) electrons. The second kappa shape index (κ2) is 42.0. The Labute approximate surface area is 350 Å². The van der Waals surface area contributed by atoms with Crippen LogP contribution in [-0.4, -0.2) is 62.4 Å². The first kappa shape index (κ1) is 54.9. The fraction of sp³-hybridized carbons (Fsp3) is 0.960. The average Bonchev–Trinajstić information content (AvgIpc) is 3.17. The molecule has 334 valence electrons. The normalized spacial score (nSPS) is 11.9. The minimum atomic E-state index is 0.0252. The van der Waals surface area contributed by atoms with Gasteiger partial charge >= 0.3 is 11.9 Å². The van der Waals surface area contributed by atoms with Gasteiger partial charge < -0.3 is 19.1 Å². The third-order valence-electron chi connectivity index (χ3n) is 12.0. The van der Waals surface area contributed by atoms with E-state index in [1.807, 2.05) is 0 Å². The Morgan fingerprint density at radius 2 is 0.768 bits per heavy atom. The molecule has 0 saturated carbocycles. The van der Waals surface area contributed by atoms with Crippen LogP contribution in [0.15, 0.2) is 0 Å². The maximum atomic E-state index is 12.5. The summed E-state index contributed by atoms with van der Waals surface area (Å²) in [7, 11) is 2.21. The highest BCUT2D eigenvalue weighted by Crippen LogP contribution is 2.23. The number of ether oxygens (including phenoxy) is 3. The molecule has 0 aromatic heterocycles. The molecule has 0 aliphatic rings. The molecule has 0 saturated heterocycles. The van der Waals surface area contributed by atoms with E-state index >= 15 is 0 Å². The summed E-state index contributed by atoms with van der Waals surface area (Å²) in [5, 5.41) is 0. The second-order valence-electron chi connectivity index (χ2n) is 17.8. The molecule has 0 atom stereocenters. The number of unbranched alkanes of at least 4 members (excludes halogenated alkanes) is 18. The summed E-state index contributed by atoms with van der Waals surface area (Å²) in [6.07, 6.45) is 38.9. The van der Waals surface area contributed by atoms with Crippen molar-refractivity contribution in [1.29, 1.82) is 0 Å². The van der Waals surface area contributed by atoms with Crippen molar-refractivity contribution < 1.29 is 23.8 Å². The Hall–Kier alpha value is -1.14. The molecule has 0 aromatic carbocycles. The topological polar surface area (TPSA) is 65.1 Å². The van der Waals surface area contributed by atoms with Crippen LogP contribution >= 0.6 is 0 Å². The molecule has 0 aliphatic carbocycles. The Morgan fingerprint density at radius 3 is 1.12 bits per heavy atom. The Bertz CT molecular complexity index is 758. The van der Waals surface area contributed by atoms with Crippen LogP contribution in [0.1, 0.15) is 253 Å². The maximum Gasteiger partial charge on any atom is 0.306 e. The molecular formula is C50H99NO5. The molecule has 0 amide bonds. The first-order valence-electron chi connectivity index (χ1n) is 24.9. The highest BCUT2D eigenvalue weighted by molar-refractivity contribution is 5.70. The lowest BCUT2D eigenvalue weighted by atomic mass is 9.92. The van der Waals surface area contributed by atoms with Crippen LogP contribution in [0.25, 0.3) is 0 Å². The zero-order valence-electron chi connectivity index (χ0n) is 39.0. The van der Waals surface area contributed by atoms with E-state index in [0.717, 1.165) is 45.3 Å². The summed E-state index contributed by atoms with van der Waals surface area (Å²) < 4.78 is 17.8. The first-order chi connectivity index (χ1) is 27.3. The van der Waals surface area contributed by atoms with E-state index in [1.54, 1.807) is 0 Å². The van der Waals surface area contributed by atoms with Crippen LogP contribution in [0.2, 0.25) is 0 Å². The number of carbonyl (C=O) groups excluding carboxylic acids is 2. The van der Waals surface area contributed by atoms with Gasteiger partial charge in [0.05, 0.1) is 19.3 Å². The first-order valence-corrected chi connectivity index (χ1v) is 24.9.